The van der Waals surface area contributed by atoms with Crippen molar-refractivity contribution >= 4 is 11.8 Å². The van der Waals surface area contributed by atoms with Gasteiger partial charge in [0.2, 0.25) is 5.78 Å². The van der Waals surface area contributed by atoms with Gasteiger partial charge >= 0.3 is 11.7 Å². The third kappa shape index (κ3) is 4.94. The van der Waals surface area contributed by atoms with Gasteiger partial charge < -0.3 is 9.72 Å². The number of nitrogens with one attached hydrogen (secondary N) is 1. The third-order valence-electron chi connectivity index (χ3n) is 4.18. The molecule has 0 bridgehead atoms. The summed E-state index contributed by atoms with van der Waals surface area (Å²) in [5.74, 6) is -0.794. The van der Waals surface area contributed by atoms with Gasteiger partial charge in [0, 0.05) is 24.6 Å². The number of rotatable bonds is 7. The number of ether oxygens (including phenoxy) is 1. The van der Waals surface area contributed by atoms with Crippen molar-refractivity contribution in [3.63, 3.8) is 0 Å². The van der Waals surface area contributed by atoms with E-state index in [1.54, 1.807) is 31.2 Å². The molecule has 148 valence electrons. The van der Waals surface area contributed by atoms with Crippen LogP contribution in [0.15, 0.2) is 39.9 Å². The van der Waals surface area contributed by atoms with E-state index in [0.717, 1.165) is 15.7 Å². The van der Waals surface area contributed by atoms with Crippen molar-refractivity contribution in [1.82, 2.24) is 9.55 Å². The number of nitrogens with zero attached hydrogens (tertiary/aromatic N) is 1. The Balaban J connectivity index is 2.40. The SMILES string of the molecule is CCc1c(C(=O)c2cc(C)cc(C)c2)[nH]c(=O)n(C/C=C/COC(C)=O)c1=O. The molecule has 0 spiro atoms. The zero-order valence-corrected chi connectivity index (χ0v) is 16.5. The Morgan fingerprint density at radius 2 is 1.75 bits per heavy atom. The molecule has 1 heterocycles. The molecule has 0 unspecified atom stereocenters. The monoisotopic (exact) mass is 384 g/mol. The Bertz CT molecular complexity index is 1020. The minimum Gasteiger partial charge on any atom is -0.462 e. The molecule has 0 radical (unpaired) electrons. The van der Waals surface area contributed by atoms with E-state index in [0.29, 0.717) is 12.0 Å². The van der Waals surface area contributed by atoms with Crippen molar-refractivity contribution in [2.24, 2.45) is 0 Å². The van der Waals surface area contributed by atoms with Crippen LogP contribution in [0.2, 0.25) is 0 Å². The third-order valence-corrected chi connectivity index (χ3v) is 4.18. The van der Waals surface area contributed by atoms with Crippen molar-refractivity contribution in [2.75, 3.05) is 6.61 Å². The smallest absolute Gasteiger partial charge is 0.329 e. The van der Waals surface area contributed by atoms with Crippen LogP contribution in [0.5, 0.6) is 0 Å². The maximum atomic E-state index is 12.9. The molecule has 2 aromatic rings. The quantitative estimate of drug-likeness (QED) is 0.448. The number of esters is 1. The fraction of sp³-hybridized carbons (Fsp3) is 0.333. The number of carbonyl (C=O) groups excluding carboxylic acids is 2. The lowest BCUT2D eigenvalue weighted by atomic mass is 9.99. The highest BCUT2D eigenvalue weighted by Gasteiger charge is 2.19. The molecule has 0 atom stereocenters. The van der Waals surface area contributed by atoms with Gasteiger partial charge in [-0.3, -0.25) is 19.0 Å². The summed E-state index contributed by atoms with van der Waals surface area (Å²) >= 11 is 0. The zero-order chi connectivity index (χ0) is 20.8. The van der Waals surface area contributed by atoms with E-state index in [2.05, 4.69) is 4.98 Å². The molecular formula is C21H24N2O5. The number of allylic oxidation sites excluding steroid dienone is 1. The van der Waals surface area contributed by atoms with Crippen LogP contribution in [0.3, 0.4) is 0 Å². The number of H-pyrrole nitrogens is 1. The van der Waals surface area contributed by atoms with E-state index in [1.165, 1.54) is 6.92 Å². The van der Waals surface area contributed by atoms with Gasteiger partial charge in [-0.05, 0) is 38.5 Å². The number of benzene rings is 1. The minimum absolute atomic E-state index is 0.0143. The summed E-state index contributed by atoms with van der Waals surface area (Å²) in [6.45, 7) is 6.89. The van der Waals surface area contributed by atoms with Crippen LogP contribution in [0.4, 0.5) is 0 Å². The molecule has 0 saturated carbocycles. The van der Waals surface area contributed by atoms with Crippen LogP contribution < -0.4 is 11.2 Å². The molecule has 1 aromatic heterocycles. The van der Waals surface area contributed by atoms with Gasteiger partial charge in [0.15, 0.2) is 0 Å². The second kappa shape index (κ2) is 9.12. The number of hydrogen-bond donors (Lipinski definition) is 1. The molecule has 0 aliphatic heterocycles. The highest BCUT2D eigenvalue weighted by molar-refractivity contribution is 6.08. The molecule has 0 aliphatic rings. The average Bonchev–Trinajstić information content (AvgIpc) is 2.61. The number of hydrogen-bond acceptors (Lipinski definition) is 5. The van der Waals surface area contributed by atoms with Crippen molar-refractivity contribution in [1.29, 1.82) is 0 Å². The van der Waals surface area contributed by atoms with Gasteiger partial charge in [-0.2, -0.15) is 0 Å². The maximum Gasteiger partial charge on any atom is 0.329 e. The Morgan fingerprint density at radius 1 is 1.11 bits per heavy atom. The molecule has 2 rings (SSSR count). The molecule has 7 heteroatoms. The number of aromatic amines is 1. The Kier molecular flexibility index (Phi) is 6.87. The van der Waals surface area contributed by atoms with Crippen LogP contribution in [-0.4, -0.2) is 27.9 Å². The standard InChI is InChI=1S/C21H24N2O5/c1-5-17-18(19(25)16-11-13(2)10-14(3)12-16)22-21(27)23(20(17)26)8-6-7-9-28-15(4)24/h6-7,10-12H,5,8-9H2,1-4H3,(H,22,27)/b7-6+. The summed E-state index contributed by atoms with van der Waals surface area (Å²) < 4.78 is 5.78. The molecule has 1 N–H and O–H groups in total. The van der Waals surface area contributed by atoms with Crippen LogP contribution in [0.1, 0.15) is 46.6 Å². The molecule has 0 saturated heterocycles. The van der Waals surface area contributed by atoms with Crippen molar-refractivity contribution in [3.8, 4) is 0 Å². The lowest BCUT2D eigenvalue weighted by Gasteiger charge is -2.10. The maximum absolute atomic E-state index is 12.9. The van der Waals surface area contributed by atoms with Crippen LogP contribution in [0.25, 0.3) is 0 Å². The zero-order valence-electron chi connectivity index (χ0n) is 16.5. The lowest BCUT2D eigenvalue weighted by molar-refractivity contribution is -0.139. The molecule has 0 amide bonds. The summed E-state index contributed by atoms with van der Waals surface area (Å²) in [6, 6.07) is 5.41. The van der Waals surface area contributed by atoms with E-state index >= 15 is 0 Å². The lowest BCUT2D eigenvalue weighted by Crippen LogP contribution is -2.39. The summed E-state index contributed by atoms with van der Waals surface area (Å²) in [7, 11) is 0. The van der Waals surface area contributed by atoms with E-state index in [1.807, 2.05) is 19.9 Å². The van der Waals surface area contributed by atoms with Gasteiger partial charge in [0.05, 0.1) is 5.69 Å². The molecule has 0 aliphatic carbocycles. The van der Waals surface area contributed by atoms with Crippen molar-refractivity contribution in [2.45, 2.75) is 40.7 Å². The molecule has 7 nitrogen and oxygen atoms in total. The first-order chi connectivity index (χ1) is 13.2. The van der Waals surface area contributed by atoms with E-state index in [9.17, 15) is 19.2 Å². The normalized spacial score (nSPS) is 11.0. The van der Waals surface area contributed by atoms with Gasteiger partial charge in [-0.15, -0.1) is 0 Å². The van der Waals surface area contributed by atoms with Crippen LogP contribution in [-0.2, 0) is 22.5 Å². The number of ketones is 1. The first-order valence-corrected chi connectivity index (χ1v) is 9.02. The first-order valence-electron chi connectivity index (χ1n) is 9.02. The van der Waals surface area contributed by atoms with E-state index < -0.39 is 17.2 Å². The fourth-order valence-electron chi connectivity index (χ4n) is 2.96. The summed E-state index contributed by atoms with van der Waals surface area (Å²) in [5, 5.41) is 0. The fourth-order valence-corrected chi connectivity index (χ4v) is 2.96. The Hall–Kier alpha value is -3.22. The second-order valence-corrected chi connectivity index (χ2v) is 6.53. The van der Waals surface area contributed by atoms with Crippen molar-refractivity contribution in [3.05, 3.63) is 79.1 Å². The summed E-state index contributed by atoms with van der Waals surface area (Å²) in [6.07, 6.45) is 3.41. The summed E-state index contributed by atoms with van der Waals surface area (Å²) in [4.78, 5) is 51.4. The Morgan fingerprint density at radius 3 is 2.32 bits per heavy atom. The van der Waals surface area contributed by atoms with Gasteiger partial charge in [-0.25, -0.2) is 4.79 Å². The van der Waals surface area contributed by atoms with E-state index in [4.69, 9.17) is 4.74 Å². The van der Waals surface area contributed by atoms with Gasteiger partial charge in [0.25, 0.3) is 5.56 Å². The molecular weight excluding hydrogens is 360 g/mol. The van der Waals surface area contributed by atoms with E-state index in [-0.39, 0.29) is 30.2 Å². The largest absolute Gasteiger partial charge is 0.462 e. The van der Waals surface area contributed by atoms with Gasteiger partial charge in [0.1, 0.15) is 6.61 Å². The van der Waals surface area contributed by atoms with Crippen LogP contribution >= 0.6 is 0 Å². The Labute approximate surface area is 162 Å². The number of carbonyl (C=O) groups is 2. The molecule has 1 aromatic carbocycles. The predicted octanol–water partition coefficient (Wildman–Crippen LogP) is 2.07. The molecule has 0 fully saturated rings. The number of aryl methyl sites for hydroxylation is 2. The van der Waals surface area contributed by atoms with Gasteiger partial charge in [-0.1, -0.05) is 30.2 Å². The minimum atomic E-state index is -0.660. The highest BCUT2D eigenvalue weighted by Crippen LogP contribution is 2.14. The average molecular weight is 384 g/mol. The summed E-state index contributed by atoms with van der Waals surface area (Å²) in [5.41, 5.74) is 1.41. The molecule has 28 heavy (non-hydrogen) atoms. The first kappa shape index (κ1) is 21.1. The second-order valence-electron chi connectivity index (χ2n) is 6.53. The number of aromatic nitrogens is 2. The van der Waals surface area contributed by atoms with Crippen LogP contribution in [0, 0.1) is 13.8 Å². The predicted molar refractivity (Wildman–Crippen MR) is 106 cm³/mol. The topological polar surface area (TPSA) is 98.2 Å². The highest BCUT2D eigenvalue weighted by atomic mass is 16.5. The van der Waals surface area contributed by atoms with Crippen molar-refractivity contribution < 1.29 is 14.3 Å².